The third kappa shape index (κ3) is 8.17. The van der Waals surface area contributed by atoms with Gasteiger partial charge in [0.25, 0.3) is 0 Å². The number of aliphatic carboxylic acids is 1. The van der Waals surface area contributed by atoms with Crippen molar-refractivity contribution in [2.45, 2.75) is 51.2 Å². The van der Waals surface area contributed by atoms with E-state index >= 15 is 0 Å². The molecule has 0 heterocycles. The molecule has 0 aliphatic carbocycles. The molecule has 1 aromatic carbocycles. The number of amides is 2. The molecule has 0 fully saturated rings. The Balaban J connectivity index is 2.78. The van der Waals surface area contributed by atoms with Gasteiger partial charge in [-0.15, -0.1) is 0 Å². The zero-order valence-electron chi connectivity index (χ0n) is 15.9. The van der Waals surface area contributed by atoms with Crippen molar-refractivity contribution >= 4 is 24.1 Å². The summed E-state index contributed by atoms with van der Waals surface area (Å²) in [4.78, 5) is 46.7. The smallest absolute Gasteiger partial charge is 0.305 e. The lowest BCUT2D eigenvalue weighted by Gasteiger charge is -2.23. The first-order valence-corrected chi connectivity index (χ1v) is 8.93. The molecular weight excluding hydrogens is 366 g/mol. The van der Waals surface area contributed by atoms with E-state index < -0.39 is 42.3 Å². The summed E-state index contributed by atoms with van der Waals surface area (Å²) >= 11 is 0. The van der Waals surface area contributed by atoms with Crippen molar-refractivity contribution < 1.29 is 29.4 Å². The molecule has 0 unspecified atom stereocenters. The van der Waals surface area contributed by atoms with Gasteiger partial charge in [-0.1, -0.05) is 26.0 Å². The highest BCUT2D eigenvalue weighted by Crippen LogP contribution is 2.11. The summed E-state index contributed by atoms with van der Waals surface area (Å²) in [5.41, 5.74) is 6.28. The molecule has 2 amide bonds. The van der Waals surface area contributed by atoms with Crippen LogP contribution in [0.4, 0.5) is 0 Å². The van der Waals surface area contributed by atoms with Crippen molar-refractivity contribution in [3.8, 4) is 5.75 Å². The van der Waals surface area contributed by atoms with E-state index in [0.29, 0.717) is 12.7 Å². The number of aldehydes is 1. The number of carbonyl (C=O) groups is 4. The number of hydrogen-bond acceptors (Lipinski definition) is 6. The first-order chi connectivity index (χ1) is 13.1. The second-order valence-electron chi connectivity index (χ2n) is 7.02. The molecule has 0 aliphatic heterocycles. The number of hydrogen-bond donors (Lipinski definition) is 5. The van der Waals surface area contributed by atoms with Crippen LogP contribution in [-0.4, -0.2) is 52.4 Å². The fourth-order valence-corrected chi connectivity index (χ4v) is 2.56. The van der Waals surface area contributed by atoms with Crippen LogP contribution >= 0.6 is 0 Å². The summed E-state index contributed by atoms with van der Waals surface area (Å²) in [6, 6.07) is 3.17. The zero-order chi connectivity index (χ0) is 21.3. The molecule has 0 saturated carbocycles. The minimum absolute atomic E-state index is 0.0542. The molecule has 1 rings (SSSR count). The molecule has 0 aromatic heterocycles. The molecule has 0 saturated heterocycles. The average Bonchev–Trinajstić information content (AvgIpc) is 2.61. The summed E-state index contributed by atoms with van der Waals surface area (Å²) < 4.78 is 0. The maximum absolute atomic E-state index is 12.6. The zero-order valence-corrected chi connectivity index (χ0v) is 15.9. The molecule has 154 valence electrons. The molecule has 0 spiro atoms. The van der Waals surface area contributed by atoms with Crippen LogP contribution < -0.4 is 16.4 Å². The van der Waals surface area contributed by atoms with Crippen LogP contribution in [0.3, 0.4) is 0 Å². The van der Waals surface area contributed by atoms with Crippen molar-refractivity contribution in [1.29, 1.82) is 0 Å². The number of carbonyl (C=O) groups excluding carboxylic acids is 3. The van der Waals surface area contributed by atoms with Crippen molar-refractivity contribution in [3.63, 3.8) is 0 Å². The lowest BCUT2D eigenvalue weighted by atomic mass is 10.0. The van der Waals surface area contributed by atoms with Crippen molar-refractivity contribution in [3.05, 3.63) is 29.8 Å². The van der Waals surface area contributed by atoms with E-state index in [9.17, 15) is 24.3 Å². The topological polar surface area (TPSA) is 159 Å². The molecule has 0 radical (unpaired) electrons. The Labute approximate surface area is 163 Å². The van der Waals surface area contributed by atoms with E-state index in [-0.39, 0.29) is 18.1 Å². The highest BCUT2D eigenvalue weighted by Gasteiger charge is 2.27. The number of phenols is 1. The number of benzene rings is 1. The highest BCUT2D eigenvalue weighted by molar-refractivity contribution is 5.92. The van der Waals surface area contributed by atoms with Crippen molar-refractivity contribution in [2.75, 3.05) is 0 Å². The minimum Gasteiger partial charge on any atom is -0.508 e. The van der Waals surface area contributed by atoms with Crippen LogP contribution in [0.1, 0.15) is 32.3 Å². The molecule has 6 N–H and O–H groups in total. The summed E-state index contributed by atoms with van der Waals surface area (Å²) in [5.74, 6) is -2.38. The number of rotatable bonds is 11. The van der Waals surface area contributed by atoms with Gasteiger partial charge in [0.05, 0.1) is 18.5 Å². The largest absolute Gasteiger partial charge is 0.508 e. The van der Waals surface area contributed by atoms with Gasteiger partial charge >= 0.3 is 5.97 Å². The van der Waals surface area contributed by atoms with Crippen molar-refractivity contribution in [1.82, 2.24) is 10.6 Å². The normalized spacial score (nSPS) is 14.0. The Hall–Kier alpha value is -2.94. The maximum atomic E-state index is 12.6. The van der Waals surface area contributed by atoms with Crippen molar-refractivity contribution in [2.24, 2.45) is 11.7 Å². The van der Waals surface area contributed by atoms with Crippen LogP contribution in [0.5, 0.6) is 5.75 Å². The van der Waals surface area contributed by atoms with E-state index in [1.807, 2.05) is 13.8 Å². The molecule has 1 aromatic rings. The molecule has 0 aliphatic rings. The fraction of sp³-hybridized carbons (Fsp3) is 0.474. The van der Waals surface area contributed by atoms with E-state index in [1.54, 1.807) is 12.1 Å². The molecule has 9 heteroatoms. The number of carboxylic acid groups (broad SMARTS) is 1. The van der Waals surface area contributed by atoms with Gasteiger partial charge in [0.1, 0.15) is 18.1 Å². The number of aromatic hydroxyl groups is 1. The third-order valence-electron chi connectivity index (χ3n) is 3.96. The van der Waals surface area contributed by atoms with Crippen LogP contribution in [0, 0.1) is 5.92 Å². The predicted molar refractivity (Wildman–Crippen MR) is 101 cm³/mol. The lowest BCUT2D eigenvalue weighted by molar-refractivity contribution is -0.139. The molecule has 28 heavy (non-hydrogen) atoms. The first-order valence-electron chi connectivity index (χ1n) is 8.93. The van der Waals surface area contributed by atoms with E-state index in [1.165, 1.54) is 12.1 Å². The van der Waals surface area contributed by atoms with Gasteiger partial charge in [-0.05, 0) is 36.5 Å². The summed E-state index contributed by atoms with van der Waals surface area (Å²) in [6.45, 7) is 3.72. The standard InChI is InChI=1S/C19H27N3O6/c1-11(2)7-16(22-18(27)15(20)9-17(25)26)19(28)21-13(10-23)8-12-3-5-14(24)6-4-12/h3-6,10-11,13,15-16,24H,7-9,20H2,1-2H3,(H,21,28)(H,22,27)(H,25,26)/t13-,15-,16-/m0/s1. The monoisotopic (exact) mass is 393 g/mol. The van der Waals surface area contributed by atoms with Crippen LogP contribution in [0.2, 0.25) is 0 Å². The third-order valence-corrected chi connectivity index (χ3v) is 3.96. The summed E-state index contributed by atoms with van der Waals surface area (Å²) in [7, 11) is 0. The molecular formula is C19H27N3O6. The quantitative estimate of drug-likeness (QED) is 0.330. The predicted octanol–water partition coefficient (Wildman–Crippen LogP) is -0.0487. The van der Waals surface area contributed by atoms with E-state index in [2.05, 4.69) is 10.6 Å². The van der Waals surface area contributed by atoms with Crippen LogP contribution in [0.25, 0.3) is 0 Å². The number of carboxylic acids is 1. The number of phenolic OH excluding ortho intramolecular Hbond substituents is 1. The maximum Gasteiger partial charge on any atom is 0.305 e. The molecule has 0 bridgehead atoms. The summed E-state index contributed by atoms with van der Waals surface area (Å²) in [5, 5.41) is 23.1. The van der Waals surface area contributed by atoms with Gasteiger partial charge in [-0.3, -0.25) is 14.4 Å². The Morgan fingerprint density at radius 3 is 2.21 bits per heavy atom. The van der Waals surface area contributed by atoms with Gasteiger partial charge < -0.3 is 31.4 Å². The van der Waals surface area contributed by atoms with E-state index in [0.717, 1.165) is 5.56 Å². The fourth-order valence-electron chi connectivity index (χ4n) is 2.56. The second kappa shape index (κ2) is 11.0. The highest BCUT2D eigenvalue weighted by atomic mass is 16.4. The molecule has 3 atom stereocenters. The Morgan fingerprint density at radius 1 is 1.11 bits per heavy atom. The van der Waals surface area contributed by atoms with Gasteiger partial charge in [0, 0.05) is 0 Å². The Bertz CT molecular complexity index is 689. The van der Waals surface area contributed by atoms with Crippen LogP contribution in [0.15, 0.2) is 24.3 Å². The average molecular weight is 393 g/mol. The van der Waals surface area contributed by atoms with Gasteiger partial charge in [-0.25, -0.2) is 0 Å². The lowest BCUT2D eigenvalue weighted by Crippen LogP contribution is -2.54. The van der Waals surface area contributed by atoms with Gasteiger partial charge in [-0.2, -0.15) is 0 Å². The Kier molecular flexibility index (Phi) is 9.10. The summed E-state index contributed by atoms with van der Waals surface area (Å²) in [6.07, 6.45) is 0.549. The van der Waals surface area contributed by atoms with E-state index in [4.69, 9.17) is 10.8 Å². The SMILES string of the molecule is CC(C)C[C@H](NC(=O)[C@@H](N)CC(=O)O)C(=O)N[C@H](C=O)Cc1ccc(O)cc1. The van der Waals surface area contributed by atoms with Crippen LogP contribution in [-0.2, 0) is 25.6 Å². The van der Waals surface area contributed by atoms with Gasteiger partial charge in [0.15, 0.2) is 0 Å². The first kappa shape index (κ1) is 23.1. The van der Waals surface area contributed by atoms with Gasteiger partial charge in [0.2, 0.25) is 11.8 Å². The minimum atomic E-state index is -1.28. The molecule has 9 nitrogen and oxygen atoms in total. The second-order valence-corrected chi connectivity index (χ2v) is 7.02. The number of nitrogens with two attached hydrogens (primary N) is 1. The number of nitrogens with one attached hydrogen (secondary N) is 2. The Morgan fingerprint density at radius 2 is 1.71 bits per heavy atom.